The number of furan rings is 1. The van der Waals surface area contributed by atoms with Crippen LogP contribution in [0.3, 0.4) is 0 Å². The van der Waals surface area contributed by atoms with Gasteiger partial charge < -0.3 is 10.2 Å². The van der Waals surface area contributed by atoms with Crippen molar-refractivity contribution in [3.8, 4) is 0 Å². The Bertz CT molecular complexity index is 501. The SMILES string of the molecule is NCc1coc(Cn2ncccc2=O)c1. The molecule has 0 aliphatic carbocycles. The lowest BCUT2D eigenvalue weighted by molar-refractivity contribution is 0.470. The third kappa shape index (κ3) is 2.13. The van der Waals surface area contributed by atoms with E-state index in [1.54, 1.807) is 18.5 Å². The Morgan fingerprint density at radius 2 is 2.40 bits per heavy atom. The molecule has 0 aliphatic rings. The summed E-state index contributed by atoms with van der Waals surface area (Å²) in [5, 5.41) is 3.92. The van der Waals surface area contributed by atoms with Gasteiger partial charge in [-0.2, -0.15) is 5.10 Å². The highest BCUT2D eigenvalue weighted by Gasteiger charge is 2.03. The van der Waals surface area contributed by atoms with Crippen LogP contribution in [0.15, 0.2) is 39.9 Å². The maximum atomic E-state index is 11.3. The van der Waals surface area contributed by atoms with Crippen LogP contribution < -0.4 is 11.3 Å². The topological polar surface area (TPSA) is 74.0 Å². The van der Waals surface area contributed by atoms with Gasteiger partial charge in [0, 0.05) is 24.4 Å². The second-order valence-electron chi connectivity index (χ2n) is 3.14. The number of hydrogen-bond acceptors (Lipinski definition) is 4. The van der Waals surface area contributed by atoms with Crippen molar-refractivity contribution in [2.75, 3.05) is 0 Å². The van der Waals surface area contributed by atoms with Crippen LogP contribution in [0, 0.1) is 0 Å². The Labute approximate surface area is 86.1 Å². The van der Waals surface area contributed by atoms with E-state index in [-0.39, 0.29) is 5.56 Å². The zero-order valence-electron chi connectivity index (χ0n) is 8.09. The highest BCUT2D eigenvalue weighted by molar-refractivity contribution is 5.12. The first-order valence-corrected chi connectivity index (χ1v) is 4.58. The zero-order chi connectivity index (χ0) is 10.7. The Hall–Kier alpha value is -1.88. The molecule has 78 valence electrons. The average molecular weight is 205 g/mol. The maximum Gasteiger partial charge on any atom is 0.267 e. The van der Waals surface area contributed by atoms with E-state index < -0.39 is 0 Å². The van der Waals surface area contributed by atoms with Gasteiger partial charge in [-0.3, -0.25) is 4.79 Å². The Morgan fingerprint density at radius 3 is 3.07 bits per heavy atom. The molecule has 0 bridgehead atoms. The van der Waals surface area contributed by atoms with Crippen LogP contribution in [0.4, 0.5) is 0 Å². The van der Waals surface area contributed by atoms with Crippen molar-refractivity contribution < 1.29 is 4.42 Å². The number of aromatic nitrogens is 2. The van der Waals surface area contributed by atoms with Crippen LogP contribution in [-0.2, 0) is 13.1 Å². The van der Waals surface area contributed by atoms with Crippen LogP contribution in [0.5, 0.6) is 0 Å². The first-order valence-electron chi connectivity index (χ1n) is 4.58. The summed E-state index contributed by atoms with van der Waals surface area (Å²) in [6.45, 7) is 0.764. The molecule has 0 unspecified atom stereocenters. The van der Waals surface area contributed by atoms with Gasteiger partial charge in [0.1, 0.15) is 12.3 Å². The minimum Gasteiger partial charge on any atom is -0.467 e. The molecule has 15 heavy (non-hydrogen) atoms. The molecule has 0 spiro atoms. The number of rotatable bonds is 3. The van der Waals surface area contributed by atoms with E-state index in [0.717, 1.165) is 5.56 Å². The summed E-state index contributed by atoms with van der Waals surface area (Å²) in [5.74, 6) is 0.677. The highest BCUT2D eigenvalue weighted by atomic mass is 16.3. The third-order valence-corrected chi connectivity index (χ3v) is 2.03. The first-order chi connectivity index (χ1) is 7.29. The van der Waals surface area contributed by atoms with E-state index in [4.69, 9.17) is 10.2 Å². The molecule has 2 aromatic rings. The third-order valence-electron chi connectivity index (χ3n) is 2.03. The van der Waals surface area contributed by atoms with E-state index in [0.29, 0.717) is 18.8 Å². The molecule has 2 heterocycles. The lowest BCUT2D eigenvalue weighted by Gasteiger charge is -1.99. The second kappa shape index (κ2) is 4.10. The fourth-order valence-electron chi connectivity index (χ4n) is 1.27. The number of nitrogens with zero attached hydrogens (tertiary/aromatic N) is 2. The van der Waals surface area contributed by atoms with Crippen molar-refractivity contribution in [3.63, 3.8) is 0 Å². The van der Waals surface area contributed by atoms with Gasteiger partial charge in [0.05, 0.1) is 6.26 Å². The summed E-state index contributed by atoms with van der Waals surface area (Å²) < 4.78 is 6.57. The van der Waals surface area contributed by atoms with Gasteiger partial charge in [0.15, 0.2) is 0 Å². The van der Waals surface area contributed by atoms with Crippen molar-refractivity contribution in [2.45, 2.75) is 13.1 Å². The van der Waals surface area contributed by atoms with Crippen LogP contribution >= 0.6 is 0 Å². The Balaban J connectivity index is 2.22. The van der Waals surface area contributed by atoms with Gasteiger partial charge >= 0.3 is 0 Å². The lowest BCUT2D eigenvalue weighted by Crippen LogP contribution is -2.21. The van der Waals surface area contributed by atoms with Crippen molar-refractivity contribution >= 4 is 0 Å². The van der Waals surface area contributed by atoms with Gasteiger partial charge in [0.25, 0.3) is 5.56 Å². The normalized spacial score (nSPS) is 10.5. The van der Waals surface area contributed by atoms with E-state index in [2.05, 4.69) is 5.10 Å². The Morgan fingerprint density at radius 1 is 1.53 bits per heavy atom. The smallest absolute Gasteiger partial charge is 0.267 e. The Kier molecular flexibility index (Phi) is 2.64. The van der Waals surface area contributed by atoms with E-state index in [1.165, 1.54) is 10.7 Å². The summed E-state index contributed by atoms with van der Waals surface area (Å²) in [5.41, 5.74) is 6.20. The zero-order valence-corrected chi connectivity index (χ0v) is 8.09. The minimum absolute atomic E-state index is 0.150. The molecule has 0 fully saturated rings. The van der Waals surface area contributed by atoms with Crippen LogP contribution in [-0.4, -0.2) is 9.78 Å². The van der Waals surface area contributed by atoms with E-state index in [9.17, 15) is 4.79 Å². The van der Waals surface area contributed by atoms with Gasteiger partial charge in [-0.1, -0.05) is 0 Å². The summed E-state index contributed by atoms with van der Waals surface area (Å²) in [7, 11) is 0. The lowest BCUT2D eigenvalue weighted by atomic mass is 10.3. The summed E-state index contributed by atoms with van der Waals surface area (Å²) in [6.07, 6.45) is 3.15. The molecule has 5 heteroatoms. The fraction of sp³-hybridized carbons (Fsp3) is 0.200. The standard InChI is InChI=1S/C10H11N3O2/c11-5-8-4-9(15-7-8)6-13-10(14)2-1-3-12-13/h1-4,7H,5-6,11H2. The minimum atomic E-state index is -0.150. The quantitative estimate of drug-likeness (QED) is 0.784. The van der Waals surface area contributed by atoms with Crippen LogP contribution in [0.25, 0.3) is 0 Å². The molecule has 0 radical (unpaired) electrons. The van der Waals surface area contributed by atoms with Gasteiger partial charge in [-0.05, 0) is 12.1 Å². The molecular formula is C10H11N3O2. The molecule has 2 rings (SSSR count). The number of nitrogens with two attached hydrogens (primary N) is 1. The first kappa shape index (κ1) is 9.67. The summed E-state index contributed by atoms with van der Waals surface area (Å²) >= 11 is 0. The van der Waals surface area contributed by atoms with Crippen molar-refractivity contribution in [1.29, 1.82) is 0 Å². The van der Waals surface area contributed by atoms with Gasteiger partial charge in [-0.15, -0.1) is 0 Å². The van der Waals surface area contributed by atoms with Crippen LogP contribution in [0.1, 0.15) is 11.3 Å². The predicted octanol–water partition coefficient (Wildman–Crippen LogP) is 0.343. The summed E-state index contributed by atoms with van der Waals surface area (Å²) in [4.78, 5) is 11.3. The second-order valence-corrected chi connectivity index (χ2v) is 3.14. The molecule has 0 saturated carbocycles. The van der Waals surface area contributed by atoms with Crippen LogP contribution in [0.2, 0.25) is 0 Å². The van der Waals surface area contributed by atoms with Crippen molar-refractivity contribution in [3.05, 3.63) is 52.3 Å². The monoisotopic (exact) mass is 205 g/mol. The van der Waals surface area contributed by atoms with Crippen molar-refractivity contribution in [2.24, 2.45) is 5.73 Å². The van der Waals surface area contributed by atoms with E-state index >= 15 is 0 Å². The molecule has 5 nitrogen and oxygen atoms in total. The van der Waals surface area contributed by atoms with Gasteiger partial charge in [0.2, 0.25) is 0 Å². The van der Waals surface area contributed by atoms with Crippen molar-refractivity contribution in [1.82, 2.24) is 9.78 Å². The predicted molar refractivity (Wildman–Crippen MR) is 54.2 cm³/mol. The molecule has 0 aliphatic heterocycles. The average Bonchev–Trinajstić information content (AvgIpc) is 2.69. The number of hydrogen-bond donors (Lipinski definition) is 1. The highest BCUT2D eigenvalue weighted by Crippen LogP contribution is 2.07. The molecule has 0 saturated heterocycles. The molecule has 2 aromatic heterocycles. The summed E-state index contributed by atoms with van der Waals surface area (Å²) in [6, 6.07) is 4.88. The maximum absolute atomic E-state index is 11.3. The molecule has 0 aromatic carbocycles. The molecule has 0 atom stereocenters. The largest absolute Gasteiger partial charge is 0.467 e. The molecule has 0 amide bonds. The molecule has 2 N–H and O–H groups in total. The van der Waals surface area contributed by atoms with E-state index in [1.807, 2.05) is 6.07 Å². The molecular weight excluding hydrogens is 194 g/mol. The van der Waals surface area contributed by atoms with Gasteiger partial charge in [-0.25, -0.2) is 4.68 Å². The fourth-order valence-corrected chi connectivity index (χ4v) is 1.27.